The predicted molar refractivity (Wildman–Crippen MR) is 103 cm³/mol. The molecule has 1 heterocycles. The van der Waals surface area contributed by atoms with Gasteiger partial charge in [0.05, 0.1) is 0 Å². The summed E-state index contributed by atoms with van der Waals surface area (Å²) in [5, 5.41) is 11.1. The van der Waals surface area contributed by atoms with Crippen molar-refractivity contribution in [2.75, 3.05) is 0 Å². The van der Waals surface area contributed by atoms with Crippen LogP contribution in [0.25, 0.3) is 0 Å². The molecule has 0 radical (unpaired) electrons. The zero-order valence-corrected chi connectivity index (χ0v) is 16.5. The number of terminal acetylenes is 1. The molecule has 0 aromatic carbocycles. The van der Waals surface area contributed by atoms with Crippen LogP contribution < -0.4 is 0 Å². The van der Waals surface area contributed by atoms with Crippen molar-refractivity contribution in [3.05, 3.63) is 23.2 Å². The molecule has 3 saturated carbocycles. The number of rotatable bonds is 1. The van der Waals surface area contributed by atoms with Crippen molar-refractivity contribution in [1.29, 1.82) is 0 Å². The third-order valence-corrected chi connectivity index (χ3v) is 9.06. The fraction of sp³-hybridized carbons (Fsp3) is 0.708. The molecule has 4 aliphatic carbocycles. The van der Waals surface area contributed by atoms with Crippen LogP contribution in [0.15, 0.2) is 10.5 Å². The van der Waals surface area contributed by atoms with Crippen molar-refractivity contribution < 1.29 is 14.3 Å². The zero-order valence-electron chi connectivity index (χ0n) is 16.5. The maximum Gasteiger partial charge on any atom is 0.194 e. The standard InChI is InChI=1S/C24H30O3/c1-4-24(26)10-8-20-18-6-5-15-12-22-16(13-21(27-22)14(2)25)11-19(15)17(18)7-9-23(20,24)3/h1,13,15,17-20,26H,5-12H2,2-3H3/t15-,17-,18+,19-,20-,23-,24-/m0/s1. The highest BCUT2D eigenvalue weighted by Gasteiger charge is 2.62. The molecule has 1 N–H and O–H groups in total. The third kappa shape index (κ3) is 2.29. The van der Waals surface area contributed by atoms with Crippen molar-refractivity contribution >= 4 is 5.78 Å². The molecule has 0 amide bonds. The normalized spacial score (nSPS) is 45.2. The summed E-state index contributed by atoms with van der Waals surface area (Å²) in [5.74, 6) is 7.73. The van der Waals surface area contributed by atoms with Gasteiger partial charge in [0.1, 0.15) is 11.4 Å². The van der Waals surface area contributed by atoms with E-state index in [2.05, 4.69) is 12.8 Å². The van der Waals surface area contributed by atoms with E-state index in [0.29, 0.717) is 29.4 Å². The molecule has 144 valence electrons. The zero-order chi connectivity index (χ0) is 19.0. The quantitative estimate of drug-likeness (QED) is 0.591. The second-order valence-electron chi connectivity index (χ2n) is 9.96. The van der Waals surface area contributed by atoms with Crippen LogP contribution in [-0.2, 0) is 12.8 Å². The first-order valence-electron chi connectivity index (χ1n) is 10.7. The molecule has 5 rings (SSSR count). The molecule has 27 heavy (non-hydrogen) atoms. The number of furan rings is 1. The number of carbonyl (C=O) groups excluding carboxylic acids is 1. The molecule has 7 atom stereocenters. The van der Waals surface area contributed by atoms with Crippen LogP contribution in [0.5, 0.6) is 0 Å². The molecule has 0 bridgehead atoms. The van der Waals surface area contributed by atoms with E-state index >= 15 is 0 Å². The highest BCUT2D eigenvalue weighted by Crippen LogP contribution is 2.64. The number of hydrogen-bond donors (Lipinski definition) is 1. The molecule has 3 heteroatoms. The topological polar surface area (TPSA) is 50.4 Å². The number of hydrogen-bond acceptors (Lipinski definition) is 3. The van der Waals surface area contributed by atoms with Gasteiger partial charge in [-0.3, -0.25) is 4.79 Å². The molecular formula is C24H30O3. The van der Waals surface area contributed by atoms with E-state index in [1.807, 2.05) is 6.07 Å². The summed E-state index contributed by atoms with van der Waals surface area (Å²) < 4.78 is 5.88. The van der Waals surface area contributed by atoms with Crippen molar-refractivity contribution in [3.63, 3.8) is 0 Å². The average molecular weight is 367 g/mol. The minimum atomic E-state index is -0.917. The highest BCUT2D eigenvalue weighted by atomic mass is 16.3. The average Bonchev–Trinajstić information content (AvgIpc) is 3.19. The van der Waals surface area contributed by atoms with Gasteiger partial charge in [-0.25, -0.2) is 0 Å². The van der Waals surface area contributed by atoms with E-state index in [-0.39, 0.29) is 11.2 Å². The van der Waals surface area contributed by atoms with Gasteiger partial charge in [-0.15, -0.1) is 6.42 Å². The Bertz CT molecular complexity index is 829. The highest BCUT2D eigenvalue weighted by molar-refractivity contribution is 5.91. The Balaban J connectivity index is 1.43. The lowest BCUT2D eigenvalue weighted by atomic mass is 9.49. The number of ketones is 1. The first-order valence-corrected chi connectivity index (χ1v) is 10.7. The van der Waals surface area contributed by atoms with Crippen LogP contribution in [-0.4, -0.2) is 16.5 Å². The largest absolute Gasteiger partial charge is 0.458 e. The van der Waals surface area contributed by atoms with E-state index in [4.69, 9.17) is 10.8 Å². The van der Waals surface area contributed by atoms with Gasteiger partial charge >= 0.3 is 0 Å². The number of aliphatic hydroxyl groups is 1. The number of carbonyl (C=O) groups is 1. The first-order chi connectivity index (χ1) is 12.9. The summed E-state index contributed by atoms with van der Waals surface area (Å²) in [6, 6.07) is 2.00. The monoisotopic (exact) mass is 366 g/mol. The van der Waals surface area contributed by atoms with Crippen LogP contribution in [0.4, 0.5) is 0 Å². The van der Waals surface area contributed by atoms with Gasteiger partial charge < -0.3 is 9.52 Å². The van der Waals surface area contributed by atoms with Crippen LogP contribution in [0.2, 0.25) is 0 Å². The third-order valence-electron chi connectivity index (χ3n) is 9.06. The molecule has 1 aromatic rings. The molecule has 0 spiro atoms. The second kappa shape index (κ2) is 5.74. The fourth-order valence-electron chi connectivity index (χ4n) is 7.54. The second-order valence-corrected chi connectivity index (χ2v) is 9.96. The van der Waals surface area contributed by atoms with Gasteiger partial charge in [-0.05, 0) is 86.2 Å². The minimum Gasteiger partial charge on any atom is -0.458 e. The summed E-state index contributed by atoms with van der Waals surface area (Å²) in [6.07, 6.45) is 14.4. The van der Waals surface area contributed by atoms with Crippen LogP contribution in [0.3, 0.4) is 0 Å². The van der Waals surface area contributed by atoms with Crippen LogP contribution in [0, 0.1) is 47.3 Å². The van der Waals surface area contributed by atoms with Crippen molar-refractivity contribution in [2.45, 2.75) is 70.8 Å². The van der Waals surface area contributed by atoms with Gasteiger partial charge in [-0.2, -0.15) is 0 Å². The lowest BCUT2D eigenvalue weighted by Gasteiger charge is -2.56. The van der Waals surface area contributed by atoms with Gasteiger partial charge in [0, 0.05) is 18.8 Å². The Labute approximate surface area is 161 Å². The summed E-state index contributed by atoms with van der Waals surface area (Å²) >= 11 is 0. The Hall–Kier alpha value is -1.53. The SMILES string of the molecule is C#C[C@]1(O)CC[C@H]2[C@@H]3CC[C@H]4Cc5oc(C(C)=O)cc5C[C@@H]4[C@H]3CC[C@@]21C. The Morgan fingerprint density at radius 1 is 1.19 bits per heavy atom. The molecule has 0 saturated heterocycles. The number of Topliss-reactive ketones (excluding diaryl/α,β-unsaturated/α-hetero) is 1. The Kier molecular flexibility index (Phi) is 3.73. The lowest BCUT2D eigenvalue weighted by Crippen LogP contribution is -2.53. The van der Waals surface area contributed by atoms with Crippen molar-refractivity contribution in [2.24, 2.45) is 35.0 Å². The fourth-order valence-corrected chi connectivity index (χ4v) is 7.54. The van der Waals surface area contributed by atoms with Gasteiger partial charge in [0.25, 0.3) is 0 Å². The number of fused-ring (bicyclic) bond motifs is 6. The van der Waals surface area contributed by atoms with Crippen LogP contribution >= 0.6 is 0 Å². The summed E-state index contributed by atoms with van der Waals surface area (Å²) in [5.41, 5.74) is 0.231. The molecule has 1 aromatic heterocycles. The maximum atomic E-state index is 11.7. The summed E-state index contributed by atoms with van der Waals surface area (Å²) in [4.78, 5) is 11.7. The van der Waals surface area contributed by atoms with Crippen LogP contribution in [0.1, 0.15) is 74.3 Å². The van der Waals surface area contributed by atoms with Gasteiger partial charge in [0.15, 0.2) is 11.5 Å². The minimum absolute atomic E-state index is 0.0261. The first kappa shape index (κ1) is 17.6. The molecule has 3 nitrogen and oxygen atoms in total. The molecule has 0 aliphatic heterocycles. The van der Waals surface area contributed by atoms with E-state index in [9.17, 15) is 9.90 Å². The molecule has 3 fully saturated rings. The summed E-state index contributed by atoms with van der Waals surface area (Å²) in [7, 11) is 0. The van der Waals surface area contributed by atoms with E-state index in [1.54, 1.807) is 6.92 Å². The predicted octanol–water partition coefficient (Wildman–Crippen LogP) is 4.41. The van der Waals surface area contributed by atoms with E-state index in [0.717, 1.165) is 43.8 Å². The molecule has 4 aliphatic rings. The van der Waals surface area contributed by atoms with E-state index in [1.165, 1.54) is 24.8 Å². The van der Waals surface area contributed by atoms with Gasteiger partial charge in [0.2, 0.25) is 0 Å². The smallest absolute Gasteiger partial charge is 0.194 e. The molecule has 0 unspecified atom stereocenters. The Morgan fingerprint density at radius 2 is 2.00 bits per heavy atom. The van der Waals surface area contributed by atoms with Crippen molar-refractivity contribution in [3.8, 4) is 12.3 Å². The molecular weight excluding hydrogens is 336 g/mol. The van der Waals surface area contributed by atoms with Crippen molar-refractivity contribution in [1.82, 2.24) is 0 Å². The van der Waals surface area contributed by atoms with E-state index < -0.39 is 5.60 Å². The lowest BCUT2D eigenvalue weighted by molar-refractivity contribution is -0.101. The maximum absolute atomic E-state index is 11.7. The summed E-state index contributed by atoms with van der Waals surface area (Å²) in [6.45, 7) is 3.84. The van der Waals surface area contributed by atoms with Gasteiger partial charge in [-0.1, -0.05) is 12.8 Å². The Morgan fingerprint density at radius 3 is 2.74 bits per heavy atom.